The molecular formula is C9H9ClN4O2. The number of rotatable bonds is 4. The Balaban J connectivity index is 2.59. The van der Waals surface area contributed by atoms with Crippen molar-refractivity contribution in [2.24, 2.45) is 5.11 Å². The highest BCUT2D eigenvalue weighted by atomic mass is 35.5. The number of phenols is 1. The number of nitrogens with zero attached hydrogens (tertiary/aromatic N) is 3. The minimum absolute atomic E-state index is 0.0766. The normalized spacial score (nSPS) is 9.31. The van der Waals surface area contributed by atoms with E-state index < -0.39 is 0 Å². The molecule has 6 nitrogen and oxygen atoms in total. The van der Waals surface area contributed by atoms with E-state index in [1.54, 1.807) is 0 Å². The number of aromatic hydroxyl groups is 1. The summed E-state index contributed by atoms with van der Waals surface area (Å²) in [7, 11) is 0. The topological polar surface area (TPSA) is 98.1 Å². The molecule has 0 unspecified atom stereocenters. The van der Waals surface area contributed by atoms with Gasteiger partial charge in [0, 0.05) is 23.6 Å². The Morgan fingerprint density at radius 1 is 1.62 bits per heavy atom. The zero-order valence-electron chi connectivity index (χ0n) is 8.22. The van der Waals surface area contributed by atoms with Crippen molar-refractivity contribution < 1.29 is 9.90 Å². The van der Waals surface area contributed by atoms with Gasteiger partial charge in [-0.05, 0) is 23.7 Å². The van der Waals surface area contributed by atoms with Crippen molar-refractivity contribution in [2.75, 3.05) is 13.1 Å². The molecule has 1 rings (SSSR count). The number of nitrogens with one attached hydrogen (secondary N) is 1. The van der Waals surface area contributed by atoms with Crippen LogP contribution in [0.5, 0.6) is 5.75 Å². The predicted octanol–water partition coefficient (Wildman–Crippen LogP) is 2.09. The second-order valence-electron chi connectivity index (χ2n) is 2.88. The van der Waals surface area contributed by atoms with E-state index in [9.17, 15) is 4.79 Å². The van der Waals surface area contributed by atoms with Crippen LogP contribution in [0.15, 0.2) is 23.3 Å². The highest BCUT2D eigenvalue weighted by molar-refractivity contribution is 6.32. The lowest BCUT2D eigenvalue weighted by atomic mass is 10.2. The SMILES string of the molecule is [N-]=[N+]=NCCNC(=O)c1ccc(O)c(Cl)c1. The van der Waals surface area contributed by atoms with Crippen LogP contribution in [0.25, 0.3) is 10.4 Å². The first-order chi connectivity index (χ1) is 7.65. The van der Waals surface area contributed by atoms with E-state index >= 15 is 0 Å². The molecule has 1 aromatic rings. The van der Waals surface area contributed by atoms with Crippen molar-refractivity contribution in [2.45, 2.75) is 0 Å². The van der Waals surface area contributed by atoms with Gasteiger partial charge >= 0.3 is 0 Å². The van der Waals surface area contributed by atoms with Gasteiger partial charge in [-0.1, -0.05) is 16.7 Å². The monoisotopic (exact) mass is 240 g/mol. The van der Waals surface area contributed by atoms with E-state index in [0.29, 0.717) is 5.56 Å². The molecule has 0 saturated heterocycles. The number of benzene rings is 1. The Morgan fingerprint density at radius 3 is 3.00 bits per heavy atom. The molecule has 0 spiro atoms. The number of hydrogen-bond acceptors (Lipinski definition) is 3. The van der Waals surface area contributed by atoms with Crippen molar-refractivity contribution in [3.8, 4) is 5.75 Å². The van der Waals surface area contributed by atoms with Crippen LogP contribution in [0.4, 0.5) is 0 Å². The molecular weight excluding hydrogens is 232 g/mol. The molecule has 1 aromatic carbocycles. The summed E-state index contributed by atoms with van der Waals surface area (Å²) in [6.45, 7) is 0.440. The third kappa shape index (κ3) is 3.34. The van der Waals surface area contributed by atoms with Crippen LogP contribution in [-0.4, -0.2) is 24.1 Å². The number of halogens is 1. The van der Waals surface area contributed by atoms with Gasteiger partial charge in [-0.2, -0.15) is 0 Å². The summed E-state index contributed by atoms with van der Waals surface area (Å²) in [6.07, 6.45) is 0. The smallest absolute Gasteiger partial charge is 0.251 e. The molecule has 84 valence electrons. The molecule has 0 fully saturated rings. The molecule has 2 N–H and O–H groups in total. The summed E-state index contributed by atoms with van der Waals surface area (Å²) in [6, 6.07) is 4.15. The molecule has 0 aliphatic heterocycles. The molecule has 1 amide bonds. The Hall–Kier alpha value is -1.91. The molecule has 0 bridgehead atoms. The number of amides is 1. The third-order valence-electron chi connectivity index (χ3n) is 1.77. The number of carbonyl (C=O) groups is 1. The van der Waals surface area contributed by atoms with E-state index in [2.05, 4.69) is 15.3 Å². The summed E-state index contributed by atoms with van der Waals surface area (Å²) < 4.78 is 0. The maximum atomic E-state index is 11.5. The molecule has 7 heteroatoms. The predicted molar refractivity (Wildman–Crippen MR) is 59.5 cm³/mol. The summed E-state index contributed by atoms with van der Waals surface area (Å²) in [4.78, 5) is 14.0. The van der Waals surface area contributed by atoms with Crippen LogP contribution in [0, 0.1) is 0 Å². The lowest BCUT2D eigenvalue weighted by Gasteiger charge is -2.04. The van der Waals surface area contributed by atoms with Crippen LogP contribution in [0.1, 0.15) is 10.4 Å². The fourth-order valence-corrected chi connectivity index (χ4v) is 1.19. The van der Waals surface area contributed by atoms with Gasteiger partial charge in [0.05, 0.1) is 5.02 Å². The lowest BCUT2D eigenvalue weighted by Crippen LogP contribution is -2.25. The molecule has 0 heterocycles. The average Bonchev–Trinajstić information content (AvgIpc) is 2.28. The Labute approximate surface area is 96.5 Å². The van der Waals surface area contributed by atoms with Gasteiger partial charge in [0.15, 0.2) is 0 Å². The second-order valence-corrected chi connectivity index (χ2v) is 3.28. The summed E-state index contributed by atoms with van der Waals surface area (Å²) in [5.41, 5.74) is 8.35. The van der Waals surface area contributed by atoms with Crippen molar-refractivity contribution in [1.29, 1.82) is 0 Å². The number of azide groups is 1. The summed E-state index contributed by atoms with van der Waals surface area (Å²) >= 11 is 5.65. The number of phenolic OH excluding ortho intramolecular Hbond substituents is 1. The van der Waals surface area contributed by atoms with Gasteiger partial charge in [-0.15, -0.1) is 0 Å². The van der Waals surface area contributed by atoms with E-state index in [4.69, 9.17) is 22.2 Å². The van der Waals surface area contributed by atoms with Crippen LogP contribution in [-0.2, 0) is 0 Å². The van der Waals surface area contributed by atoms with E-state index in [1.165, 1.54) is 18.2 Å². The van der Waals surface area contributed by atoms with Gasteiger partial charge in [0.1, 0.15) is 5.75 Å². The minimum atomic E-state index is -0.338. The zero-order valence-corrected chi connectivity index (χ0v) is 8.98. The standard InChI is InChI=1S/C9H9ClN4O2/c10-7-5-6(1-2-8(7)15)9(16)12-3-4-13-14-11/h1-2,5,15H,3-4H2,(H,12,16). The highest BCUT2D eigenvalue weighted by Crippen LogP contribution is 2.23. The van der Waals surface area contributed by atoms with Crippen LogP contribution in [0.2, 0.25) is 5.02 Å². The van der Waals surface area contributed by atoms with E-state index in [-0.39, 0.29) is 29.8 Å². The number of carbonyl (C=O) groups excluding carboxylic acids is 1. The van der Waals surface area contributed by atoms with Crippen LogP contribution in [0.3, 0.4) is 0 Å². The van der Waals surface area contributed by atoms with Crippen LogP contribution >= 0.6 is 11.6 Å². The summed E-state index contributed by atoms with van der Waals surface area (Å²) in [5.74, 6) is -0.415. The van der Waals surface area contributed by atoms with E-state index in [1.807, 2.05) is 0 Å². The molecule has 16 heavy (non-hydrogen) atoms. The molecule has 0 aliphatic rings. The fraction of sp³-hybridized carbons (Fsp3) is 0.222. The Morgan fingerprint density at radius 2 is 2.38 bits per heavy atom. The molecule has 0 aliphatic carbocycles. The lowest BCUT2D eigenvalue weighted by molar-refractivity contribution is 0.0955. The first kappa shape index (κ1) is 12.2. The molecule has 0 atom stereocenters. The maximum Gasteiger partial charge on any atom is 0.251 e. The van der Waals surface area contributed by atoms with Crippen molar-refractivity contribution in [3.05, 3.63) is 39.2 Å². The summed E-state index contributed by atoms with van der Waals surface area (Å²) in [5, 5.41) is 15.1. The van der Waals surface area contributed by atoms with Gasteiger partial charge in [-0.3, -0.25) is 4.79 Å². The van der Waals surface area contributed by atoms with Crippen molar-refractivity contribution in [3.63, 3.8) is 0 Å². The third-order valence-corrected chi connectivity index (χ3v) is 2.07. The van der Waals surface area contributed by atoms with Gasteiger partial charge in [-0.25, -0.2) is 0 Å². The van der Waals surface area contributed by atoms with Gasteiger partial charge in [0.2, 0.25) is 0 Å². The quantitative estimate of drug-likeness (QED) is 0.365. The van der Waals surface area contributed by atoms with Gasteiger partial charge in [0.25, 0.3) is 5.91 Å². The highest BCUT2D eigenvalue weighted by Gasteiger charge is 2.07. The Bertz CT molecular complexity index is 443. The van der Waals surface area contributed by atoms with Crippen LogP contribution < -0.4 is 5.32 Å². The minimum Gasteiger partial charge on any atom is -0.506 e. The second kappa shape index (κ2) is 5.85. The average molecular weight is 241 g/mol. The molecule has 0 radical (unpaired) electrons. The fourth-order valence-electron chi connectivity index (χ4n) is 1.01. The largest absolute Gasteiger partial charge is 0.506 e. The molecule has 0 saturated carbocycles. The zero-order chi connectivity index (χ0) is 12.0. The van der Waals surface area contributed by atoms with E-state index in [0.717, 1.165) is 0 Å². The Kier molecular flexibility index (Phi) is 4.44. The molecule has 0 aromatic heterocycles. The maximum absolute atomic E-state index is 11.5. The van der Waals surface area contributed by atoms with Crippen molar-refractivity contribution in [1.82, 2.24) is 5.32 Å². The number of hydrogen-bond donors (Lipinski definition) is 2. The first-order valence-corrected chi connectivity index (χ1v) is 4.80. The van der Waals surface area contributed by atoms with Crippen molar-refractivity contribution >= 4 is 17.5 Å². The first-order valence-electron chi connectivity index (χ1n) is 4.42. The van der Waals surface area contributed by atoms with Gasteiger partial charge < -0.3 is 10.4 Å².